The van der Waals surface area contributed by atoms with Crippen LogP contribution in [0.1, 0.15) is 25.0 Å². The highest BCUT2D eigenvalue weighted by atomic mass is 16.7. The first-order valence-corrected chi connectivity index (χ1v) is 9.77. The lowest BCUT2D eigenvalue weighted by molar-refractivity contribution is -0.152. The number of hydrogen-bond donors (Lipinski definition) is 0. The van der Waals surface area contributed by atoms with Crippen molar-refractivity contribution in [3.05, 3.63) is 71.8 Å². The summed E-state index contributed by atoms with van der Waals surface area (Å²) in [6.07, 6.45) is -0.236. The van der Waals surface area contributed by atoms with Gasteiger partial charge in [-0.1, -0.05) is 60.7 Å². The maximum Gasteiger partial charge on any atom is 0.163 e. The largest absolute Gasteiger partial charge is 0.374 e. The molecule has 1 fully saturated rings. The Morgan fingerprint density at radius 2 is 1.43 bits per heavy atom. The van der Waals surface area contributed by atoms with Crippen molar-refractivity contribution in [2.45, 2.75) is 45.1 Å². The standard InChI is InChI=1S/C23H30O5/c1-23(2)27-18-22(28-23)17-26-21(15-24-13-19-9-5-3-6-10-19)16-25-14-20-11-7-4-8-12-20/h3-12,21-22H,13-18H2,1-2H3. The molecule has 2 aromatic carbocycles. The molecule has 1 saturated heterocycles. The Morgan fingerprint density at radius 1 is 0.893 bits per heavy atom. The molecule has 1 aliphatic heterocycles. The van der Waals surface area contributed by atoms with Gasteiger partial charge in [-0.3, -0.25) is 0 Å². The number of ether oxygens (including phenoxy) is 5. The smallest absolute Gasteiger partial charge is 0.163 e. The maximum absolute atomic E-state index is 6.04. The fraction of sp³-hybridized carbons (Fsp3) is 0.478. The summed E-state index contributed by atoms with van der Waals surface area (Å²) in [5, 5.41) is 0. The molecule has 28 heavy (non-hydrogen) atoms. The zero-order valence-electron chi connectivity index (χ0n) is 16.7. The fourth-order valence-electron chi connectivity index (χ4n) is 3.00. The molecule has 0 spiro atoms. The van der Waals surface area contributed by atoms with E-state index in [4.69, 9.17) is 23.7 Å². The Balaban J connectivity index is 1.44. The van der Waals surface area contributed by atoms with Crippen LogP contribution in [0.5, 0.6) is 0 Å². The molecular weight excluding hydrogens is 356 g/mol. The zero-order chi connectivity index (χ0) is 19.7. The molecule has 0 amide bonds. The highest BCUT2D eigenvalue weighted by Crippen LogP contribution is 2.22. The van der Waals surface area contributed by atoms with Gasteiger partial charge in [0.2, 0.25) is 0 Å². The van der Waals surface area contributed by atoms with Crippen molar-refractivity contribution in [1.29, 1.82) is 0 Å². The third-order valence-corrected chi connectivity index (χ3v) is 4.42. The van der Waals surface area contributed by atoms with Crippen LogP contribution in [0.25, 0.3) is 0 Å². The maximum atomic E-state index is 6.04. The summed E-state index contributed by atoms with van der Waals surface area (Å²) < 4.78 is 29.2. The second-order valence-electron chi connectivity index (χ2n) is 7.41. The lowest BCUT2D eigenvalue weighted by atomic mass is 10.2. The Bertz CT molecular complexity index is 628. The van der Waals surface area contributed by atoms with Crippen molar-refractivity contribution in [1.82, 2.24) is 0 Å². The first-order chi connectivity index (χ1) is 13.6. The van der Waals surface area contributed by atoms with E-state index in [1.165, 1.54) is 0 Å². The number of rotatable bonds is 11. The Labute approximate surface area is 167 Å². The number of benzene rings is 2. The van der Waals surface area contributed by atoms with E-state index in [1.54, 1.807) is 0 Å². The zero-order valence-corrected chi connectivity index (χ0v) is 16.7. The normalized spacial score (nSPS) is 18.6. The SMILES string of the molecule is CC1(C)OCC(COC(COCc2ccccc2)COCc2ccccc2)O1. The van der Waals surface area contributed by atoms with E-state index in [0.717, 1.165) is 11.1 Å². The van der Waals surface area contributed by atoms with Gasteiger partial charge in [-0.05, 0) is 25.0 Å². The van der Waals surface area contributed by atoms with Gasteiger partial charge >= 0.3 is 0 Å². The summed E-state index contributed by atoms with van der Waals surface area (Å²) in [5.41, 5.74) is 2.28. The molecule has 3 rings (SSSR count). The van der Waals surface area contributed by atoms with Crippen molar-refractivity contribution < 1.29 is 23.7 Å². The van der Waals surface area contributed by atoms with E-state index in [0.29, 0.717) is 39.6 Å². The summed E-state index contributed by atoms with van der Waals surface area (Å²) in [6.45, 7) is 6.84. The Hall–Kier alpha value is -1.76. The van der Waals surface area contributed by atoms with Crippen LogP contribution >= 0.6 is 0 Å². The molecule has 0 bridgehead atoms. The predicted octanol–water partition coefficient (Wildman–Crippen LogP) is 3.96. The van der Waals surface area contributed by atoms with Crippen LogP contribution in [-0.4, -0.2) is 44.4 Å². The number of hydrogen-bond acceptors (Lipinski definition) is 5. The van der Waals surface area contributed by atoms with Gasteiger partial charge in [-0.15, -0.1) is 0 Å². The van der Waals surface area contributed by atoms with Crippen LogP contribution < -0.4 is 0 Å². The summed E-state index contributed by atoms with van der Waals surface area (Å²) in [6, 6.07) is 20.2. The lowest BCUT2D eigenvalue weighted by Crippen LogP contribution is -2.31. The molecule has 0 aromatic heterocycles. The minimum atomic E-state index is -0.545. The van der Waals surface area contributed by atoms with Crippen LogP contribution in [0.3, 0.4) is 0 Å². The second kappa shape index (κ2) is 10.7. The third kappa shape index (κ3) is 7.34. The molecule has 0 radical (unpaired) electrons. The van der Waals surface area contributed by atoms with Gasteiger partial charge in [0, 0.05) is 0 Å². The quantitative estimate of drug-likeness (QED) is 0.585. The van der Waals surface area contributed by atoms with Crippen molar-refractivity contribution in [2.75, 3.05) is 26.4 Å². The van der Waals surface area contributed by atoms with E-state index in [1.807, 2.05) is 74.5 Å². The van der Waals surface area contributed by atoms with Crippen LogP contribution in [0.4, 0.5) is 0 Å². The van der Waals surface area contributed by atoms with Crippen LogP contribution in [-0.2, 0) is 36.9 Å². The van der Waals surface area contributed by atoms with E-state index < -0.39 is 5.79 Å². The monoisotopic (exact) mass is 386 g/mol. The molecule has 2 aromatic rings. The van der Waals surface area contributed by atoms with Crippen molar-refractivity contribution in [3.8, 4) is 0 Å². The van der Waals surface area contributed by atoms with Gasteiger partial charge in [0.05, 0.1) is 39.6 Å². The molecule has 1 unspecified atom stereocenters. The molecule has 152 valence electrons. The first kappa shape index (κ1) is 21.0. The molecule has 5 nitrogen and oxygen atoms in total. The van der Waals surface area contributed by atoms with Gasteiger partial charge in [0.1, 0.15) is 12.2 Å². The molecule has 1 heterocycles. The van der Waals surface area contributed by atoms with E-state index >= 15 is 0 Å². The van der Waals surface area contributed by atoms with Gasteiger partial charge in [0.25, 0.3) is 0 Å². The van der Waals surface area contributed by atoms with E-state index in [2.05, 4.69) is 0 Å². The van der Waals surface area contributed by atoms with Gasteiger partial charge in [0.15, 0.2) is 5.79 Å². The fourth-order valence-corrected chi connectivity index (χ4v) is 3.00. The van der Waals surface area contributed by atoms with Gasteiger partial charge in [-0.2, -0.15) is 0 Å². The van der Waals surface area contributed by atoms with Crippen LogP contribution in [0.15, 0.2) is 60.7 Å². The molecule has 5 heteroatoms. The van der Waals surface area contributed by atoms with Crippen molar-refractivity contribution in [3.63, 3.8) is 0 Å². The minimum absolute atomic E-state index is 0.0688. The Kier molecular flexibility index (Phi) is 8.01. The molecule has 0 aliphatic carbocycles. The highest BCUT2D eigenvalue weighted by molar-refractivity contribution is 5.14. The topological polar surface area (TPSA) is 46.2 Å². The molecule has 1 aliphatic rings. The summed E-state index contributed by atoms with van der Waals surface area (Å²) in [4.78, 5) is 0. The molecular formula is C23H30O5. The molecule has 1 atom stereocenters. The predicted molar refractivity (Wildman–Crippen MR) is 107 cm³/mol. The van der Waals surface area contributed by atoms with Crippen LogP contribution in [0, 0.1) is 0 Å². The highest BCUT2D eigenvalue weighted by Gasteiger charge is 2.33. The van der Waals surface area contributed by atoms with Crippen LogP contribution in [0.2, 0.25) is 0 Å². The van der Waals surface area contributed by atoms with E-state index in [-0.39, 0.29) is 12.2 Å². The summed E-state index contributed by atoms with van der Waals surface area (Å²) in [7, 11) is 0. The molecule has 0 saturated carbocycles. The molecule has 0 N–H and O–H groups in total. The average molecular weight is 386 g/mol. The minimum Gasteiger partial charge on any atom is -0.374 e. The Morgan fingerprint density at radius 3 is 1.89 bits per heavy atom. The van der Waals surface area contributed by atoms with Crippen molar-refractivity contribution >= 4 is 0 Å². The first-order valence-electron chi connectivity index (χ1n) is 9.77. The summed E-state index contributed by atoms with van der Waals surface area (Å²) >= 11 is 0. The van der Waals surface area contributed by atoms with E-state index in [9.17, 15) is 0 Å². The average Bonchev–Trinajstić information content (AvgIpc) is 3.06. The van der Waals surface area contributed by atoms with Crippen molar-refractivity contribution in [2.24, 2.45) is 0 Å². The summed E-state index contributed by atoms with van der Waals surface area (Å²) in [5.74, 6) is -0.545. The third-order valence-electron chi connectivity index (χ3n) is 4.42. The van der Waals surface area contributed by atoms with Gasteiger partial charge in [-0.25, -0.2) is 0 Å². The second-order valence-corrected chi connectivity index (χ2v) is 7.41. The lowest BCUT2D eigenvalue weighted by Gasteiger charge is -2.21. The van der Waals surface area contributed by atoms with Gasteiger partial charge < -0.3 is 23.7 Å².